The van der Waals surface area contributed by atoms with Gasteiger partial charge in [-0.05, 0) is 43.6 Å². The van der Waals surface area contributed by atoms with Gasteiger partial charge in [0.1, 0.15) is 0 Å². The van der Waals surface area contributed by atoms with Gasteiger partial charge in [-0.1, -0.05) is 39.5 Å². The Kier molecular flexibility index (Phi) is 5.08. The van der Waals surface area contributed by atoms with Crippen molar-refractivity contribution >= 4 is 0 Å². The summed E-state index contributed by atoms with van der Waals surface area (Å²) in [5.74, 6) is 0.680. The molecular weight excluding hydrogens is 222 g/mol. The van der Waals surface area contributed by atoms with Crippen molar-refractivity contribution in [2.24, 2.45) is 11.3 Å². The zero-order valence-electron chi connectivity index (χ0n) is 12.3. The molecule has 0 bridgehead atoms. The third-order valence-corrected chi connectivity index (χ3v) is 5.42. The first-order valence-corrected chi connectivity index (χ1v) is 7.98. The fourth-order valence-electron chi connectivity index (χ4n) is 3.85. The van der Waals surface area contributed by atoms with Crippen LogP contribution < -0.4 is 0 Å². The zero-order valence-corrected chi connectivity index (χ0v) is 12.3. The molecule has 1 heterocycles. The molecule has 2 aliphatic rings. The molecule has 1 unspecified atom stereocenters. The van der Waals surface area contributed by atoms with Crippen LogP contribution in [0.1, 0.15) is 65.2 Å². The van der Waals surface area contributed by atoms with Gasteiger partial charge in [0, 0.05) is 19.2 Å². The number of hydrogen-bond acceptors (Lipinski definition) is 2. The topological polar surface area (TPSA) is 23.5 Å². The van der Waals surface area contributed by atoms with Crippen molar-refractivity contribution in [1.29, 1.82) is 0 Å². The Bertz CT molecular complexity index is 243. The normalized spacial score (nSPS) is 31.2. The molecule has 1 aliphatic heterocycles. The first kappa shape index (κ1) is 14.3. The molecule has 1 saturated heterocycles. The molecule has 18 heavy (non-hydrogen) atoms. The maximum Gasteiger partial charge on any atom is 0.0434 e. The lowest BCUT2D eigenvalue weighted by atomic mass is 9.71. The van der Waals surface area contributed by atoms with Gasteiger partial charge >= 0.3 is 0 Å². The van der Waals surface area contributed by atoms with Crippen molar-refractivity contribution < 1.29 is 5.11 Å². The Morgan fingerprint density at radius 2 is 1.78 bits per heavy atom. The highest BCUT2D eigenvalue weighted by Crippen LogP contribution is 2.39. The van der Waals surface area contributed by atoms with E-state index in [-0.39, 0.29) is 0 Å². The monoisotopic (exact) mass is 253 g/mol. The summed E-state index contributed by atoms with van der Waals surface area (Å²) in [5, 5.41) is 9.27. The molecule has 0 radical (unpaired) electrons. The Balaban J connectivity index is 1.94. The van der Waals surface area contributed by atoms with Crippen molar-refractivity contribution in [3.05, 3.63) is 0 Å². The van der Waals surface area contributed by atoms with Crippen LogP contribution in [0.4, 0.5) is 0 Å². The summed E-state index contributed by atoms with van der Waals surface area (Å²) in [6.07, 6.45) is 10.8. The molecule has 106 valence electrons. The van der Waals surface area contributed by atoms with Gasteiger partial charge < -0.3 is 10.0 Å². The quantitative estimate of drug-likeness (QED) is 0.779. The fraction of sp³-hybridized carbons (Fsp3) is 1.00. The van der Waals surface area contributed by atoms with Crippen molar-refractivity contribution in [1.82, 2.24) is 4.90 Å². The lowest BCUT2D eigenvalue weighted by Crippen LogP contribution is -2.49. The number of piperidine rings is 1. The predicted molar refractivity (Wildman–Crippen MR) is 76.7 cm³/mol. The van der Waals surface area contributed by atoms with Crippen LogP contribution >= 0.6 is 0 Å². The van der Waals surface area contributed by atoms with Gasteiger partial charge in [-0.2, -0.15) is 0 Å². The molecule has 0 aromatic heterocycles. The van der Waals surface area contributed by atoms with E-state index in [0.717, 1.165) is 12.5 Å². The van der Waals surface area contributed by atoms with E-state index < -0.39 is 0 Å². The largest absolute Gasteiger partial charge is 0.396 e. The number of nitrogens with zero attached hydrogens (tertiary/aromatic N) is 1. The number of likely N-dealkylation sites (tertiary alicyclic amines) is 1. The lowest BCUT2D eigenvalue weighted by Gasteiger charge is -2.46. The van der Waals surface area contributed by atoms with Crippen molar-refractivity contribution in [3.8, 4) is 0 Å². The Hall–Kier alpha value is -0.0800. The number of rotatable bonds is 3. The first-order chi connectivity index (χ1) is 8.63. The van der Waals surface area contributed by atoms with Gasteiger partial charge in [0.2, 0.25) is 0 Å². The second kappa shape index (κ2) is 6.38. The third-order valence-electron chi connectivity index (χ3n) is 5.42. The summed E-state index contributed by atoms with van der Waals surface area (Å²) in [7, 11) is 0. The summed E-state index contributed by atoms with van der Waals surface area (Å²) in [5.41, 5.74) is 0.421. The maximum absolute atomic E-state index is 9.27. The third kappa shape index (κ3) is 3.48. The fourth-order valence-corrected chi connectivity index (χ4v) is 3.85. The molecule has 2 nitrogen and oxygen atoms in total. The van der Waals surface area contributed by atoms with E-state index in [0.29, 0.717) is 17.9 Å². The Labute approximate surface area is 113 Å². The van der Waals surface area contributed by atoms with E-state index in [9.17, 15) is 5.11 Å². The molecule has 0 aromatic rings. The second-order valence-corrected chi connectivity index (χ2v) is 7.09. The molecule has 0 amide bonds. The van der Waals surface area contributed by atoms with E-state index in [4.69, 9.17) is 0 Å². The van der Waals surface area contributed by atoms with Crippen LogP contribution in [0.2, 0.25) is 0 Å². The minimum Gasteiger partial charge on any atom is -0.396 e. The summed E-state index contributed by atoms with van der Waals surface area (Å²) in [6, 6.07) is 0.838. The van der Waals surface area contributed by atoms with E-state index in [2.05, 4.69) is 18.7 Å². The molecular formula is C16H31NO. The van der Waals surface area contributed by atoms with Gasteiger partial charge in [-0.3, -0.25) is 0 Å². The number of aliphatic hydroxyl groups excluding tert-OH is 1. The summed E-state index contributed by atoms with van der Waals surface area (Å²) < 4.78 is 0. The van der Waals surface area contributed by atoms with Gasteiger partial charge in [0.15, 0.2) is 0 Å². The SMILES string of the molecule is CC1(C)CCN(C2CCCCCC2)CC1CCO. The van der Waals surface area contributed by atoms with E-state index in [1.165, 1.54) is 58.0 Å². The highest BCUT2D eigenvalue weighted by Gasteiger charge is 2.37. The lowest BCUT2D eigenvalue weighted by molar-refractivity contribution is 0.0174. The van der Waals surface area contributed by atoms with Gasteiger partial charge in [0.05, 0.1) is 0 Å². The minimum atomic E-state index is 0.354. The molecule has 1 saturated carbocycles. The average molecular weight is 253 g/mol. The second-order valence-electron chi connectivity index (χ2n) is 7.09. The molecule has 1 N–H and O–H groups in total. The number of hydrogen-bond donors (Lipinski definition) is 1. The van der Waals surface area contributed by atoms with Crippen LogP contribution in [0.15, 0.2) is 0 Å². The van der Waals surface area contributed by atoms with Crippen molar-refractivity contribution in [2.45, 2.75) is 71.3 Å². The molecule has 2 rings (SSSR count). The summed E-state index contributed by atoms with van der Waals surface area (Å²) in [4.78, 5) is 2.75. The predicted octanol–water partition coefficient (Wildman–Crippen LogP) is 3.44. The van der Waals surface area contributed by atoms with Crippen LogP contribution in [0.5, 0.6) is 0 Å². The smallest absolute Gasteiger partial charge is 0.0434 e. The van der Waals surface area contributed by atoms with Crippen molar-refractivity contribution in [3.63, 3.8) is 0 Å². The molecule has 0 spiro atoms. The minimum absolute atomic E-state index is 0.354. The maximum atomic E-state index is 9.27. The summed E-state index contributed by atoms with van der Waals surface area (Å²) >= 11 is 0. The van der Waals surface area contributed by atoms with Gasteiger partial charge in [-0.15, -0.1) is 0 Å². The van der Waals surface area contributed by atoms with Crippen molar-refractivity contribution in [2.75, 3.05) is 19.7 Å². The van der Waals surface area contributed by atoms with E-state index in [1.54, 1.807) is 0 Å². The van der Waals surface area contributed by atoms with Crippen LogP contribution in [0.3, 0.4) is 0 Å². The van der Waals surface area contributed by atoms with Crippen LogP contribution in [-0.4, -0.2) is 35.7 Å². The van der Waals surface area contributed by atoms with Gasteiger partial charge in [-0.25, -0.2) is 0 Å². The molecule has 2 heteroatoms. The zero-order chi connectivity index (χ0) is 13.0. The Morgan fingerprint density at radius 3 is 2.39 bits per heavy atom. The van der Waals surface area contributed by atoms with Gasteiger partial charge in [0.25, 0.3) is 0 Å². The highest BCUT2D eigenvalue weighted by atomic mass is 16.3. The summed E-state index contributed by atoms with van der Waals surface area (Å²) in [6.45, 7) is 7.62. The highest BCUT2D eigenvalue weighted by molar-refractivity contribution is 4.89. The van der Waals surface area contributed by atoms with Crippen LogP contribution in [0, 0.1) is 11.3 Å². The molecule has 1 aliphatic carbocycles. The van der Waals surface area contributed by atoms with E-state index >= 15 is 0 Å². The molecule has 0 aromatic carbocycles. The standard InChI is InChI=1S/C16H31NO/c1-16(2)10-11-17(13-14(16)9-12-18)15-7-5-3-4-6-8-15/h14-15,18H,3-13H2,1-2H3. The molecule has 2 fully saturated rings. The molecule has 1 atom stereocenters. The number of aliphatic hydroxyl groups is 1. The van der Waals surface area contributed by atoms with E-state index in [1.807, 2.05) is 0 Å². The average Bonchev–Trinajstić information content (AvgIpc) is 2.61. The Morgan fingerprint density at radius 1 is 1.11 bits per heavy atom. The van der Waals surface area contributed by atoms with Crippen LogP contribution in [-0.2, 0) is 0 Å². The van der Waals surface area contributed by atoms with Crippen LogP contribution in [0.25, 0.3) is 0 Å². The first-order valence-electron chi connectivity index (χ1n) is 7.98.